The second-order valence-electron chi connectivity index (χ2n) is 5.85. The number of hydrogen-bond donors (Lipinski definition) is 0. The van der Waals surface area contributed by atoms with Crippen molar-refractivity contribution in [1.29, 1.82) is 0 Å². The summed E-state index contributed by atoms with van der Waals surface area (Å²) >= 11 is 0. The standard InChI is InChI=1S/C22H16N2O3/c25-22(13-12-18-11-10-16-6-4-5-9-19(16)24-18)26-15-21-23-14-20(27-21)17-7-2-1-3-8-17/h1-14H,15H2/b13-12+. The number of esters is 1. The van der Waals surface area contributed by atoms with Gasteiger partial charge in [-0.05, 0) is 18.2 Å². The van der Waals surface area contributed by atoms with Crippen LogP contribution in [-0.2, 0) is 16.1 Å². The first kappa shape index (κ1) is 16.7. The van der Waals surface area contributed by atoms with Crippen molar-refractivity contribution >= 4 is 22.9 Å². The van der Waals surface area contributed by atoms with Crippen molar-refractivity contribution in [3.05, 3.63) is 90.6 Å². The number of benzene rings is 2. The van der Waals surface area contributed by atoms with Gasteiger partial charge < -0.3 is 9.15 Å². The van der Waals surface area contributed by atoms with Crippen molar-refractivity contribution in [1.82, 2.24) is 9.97 Å². The predicted molar refractivity (Wildman–Crippen MR) is 103 cm³/mol. The monoisotopic (exact) mass is 356 g/mol. The van der Waals surface area contributed by atoms with Crippen LogP contribution in [0.15, 0.2) is 83.4 Å². The number of para-hydroxylation sites is 1. The molecule has 0 aliphatic heterocycles. The minimum atomic E-state index is -0.482. The van der Waals surface area contributed by atoms with Crippen molar-refractivity contribution in [2.45, 2.75) is 6.61 Å². The number of fused-ring (bicyclic) bond motifs is 1. The fourth-order valence-corrected chi connectivity index (χ4v) is 2.62. The Labute approximate surface area is 156 Å². The summed E-state index contributed by atoms with van der Waals surface area (Å²) in [5.41, 5.74) is 2.49. The molecule has 4 rings (SSSR count). The van der Waals surface area contributed by atoms with Gasteiger partial charge in [0.05, 0.1) is 17.4 Å². The van der Waals surface area contributed by atoms with Crippen molar-refractivity contribution in [3.63, 3.8) is 0 Å². The van der Waals surface area contributed by atoms with Gasteiger partial charge in [0, 0.05) is 17.0 Å². The molecule has 0 aliphatic carbocycles. The van der Waals surface area contributed by atoms with Gasteiger partial charge in [0.2, 0.25) is 5.89 Å². The Balaban J connectivity index is 1.36. The highest BCUT2D eigenvalue weighted by atomic mass is 16.5. The zero-order valence-corrected chi connectivity index (χ0v) is 14.4. The molecule has 27 heavy (non-hydrogen) atoms. The van der Waals surface area contributed by atoms with Gasteiger partial charge in [0.25, 0.3) is 0 Å². The zero-order valence-electron chi connectivity index (χ0n) is 14.4. The number of aromatic nitrogens is 2. The molecule has 0 saturated carbocycles. The van der Waals surface area contributed by atoms with Gasteiger partial charge in [-0.1, -0.05) is 54.6 Å². The molecule has 0 N–H and O–H groups in total. The van der Waals surface area contributed by atoms with E-state index in [4.69, 9.17) is 9.15 Å². The highest BCUT2D eigenvalue weighted by Gasteiger charge is 2.08. The summed E-state index contributed by atoms with van der Waals surface area (Å²) in [5, 5.41) is 1.05. The van der Waals surface area contributed by atoms with E-state index in [-0.39, 0.29) is 6.61 Å². The lowest BCUT2D eigenvalue weighted by Crippen LogP contribution is -2.00. The number of carbonyl (C=O) groups excluding carboxylic acids is 1. The minimum Gasteiger partial charge on any atom is -0.453 e. The van der Waals surface area contributed by atoms with Gasteiger partial charge in [0.1, 0.15) is 0 Å². The summed E-state index contributed by atoms with van der Waals surface area (Å²) in [5.74, 6) is 0.501. The molecule has 2 heterocycles. The average molecular weight is 356 g/mol. The first-order valence-corrected chi connectivity index (χ1v) is 8.49. The van der Waals surface area contributed by atoms with Crippen molar-refractivity contribution in [2.24, 2.45) is 0 Å². The number of oxazole rings is 1. The van der Waals surface area contributed by atoms with Crippen LogP contribution in [0.25, 0.3) is 28.3 Å². The summed E-state index contributed by atoms with van der Waals surface area (Å²) in [6.45, 7) is -0.0266. The van der Waals surface area contributed by atoms with E-state index in [0.29, 0.717) is 17.3 Å². The first-order chi connectivity index (χ1) is 13.3. The van der Waals surface area contributed by atoms with Gasteiger partial charge >= 0.3 is 5.97 Å². The molecule has 5 heteroatoms. The van der Waals surface area contributed by atoms with E-state index in [2.05, 4.69) is 9.97 Å². The van der Waals surface area contributed by atoms with E-state index in [1.165, 1.54) is 6.08 Å². The molecule has 132 valence electrons. The van der Waals surface area contributed by atoms with Crippen LogP contribution in [0.2, 0.25) is 0 Å². The Hall–Kier alpha value is -3.73. The van der Waals surface area contributed by atoms with Crippen LogP contribution in [0.1, 0.15) is 11.6 Å². The Bertz CT molecular complexity index is 1100. The summed E-state index contributed by atoms with van der Waals surface area (Å²) in [7, 11) is 0. The maximum absolute atomic E-state index is 11.9. The molecule has 0 aliphatic rings. The molecular formula is C22H16N2O3. The Morgan fingerprint density at radius 1 is 1.00 bits per heavy atom. The normalized spacial score (nSPS) is 11.1. The summed E-state index contributed by atoms with van der Waals surface area (Å²) in [6.07, 6.45) is 4.59. The van der Waals surface area contributed by atoms with Crippen LogP contribution in [0.4, 0.5) is 0 Å². The van der Waals surface area contributed by atoms with Gasteiger partial charge in [-0.15, -0.1) is 0 Å². The van der Waals surface area contributed by atoms with Crippen LogP contribution >= 0.6 is 0 Å². The molecule has 0 unspecified atom stereocenters. The third-order valence-electron chi connectivity index (χ3n) is 3.96. The number of rotatable bonds is 5. The Morgan fingerprint density at radius 3 is 2.70 bits per heavy atom. The first-order valence-electron chi connectivity index (χ1n) is 8.49. The molecule has 0 bridgehead atoms. The molecular weight excluding hydrogens is 340 g/mol. The third-order valence-corrected chi connectivity index (χ3v) is 3.96. The number of pyridine rings is 1. The molecule has 0 fully saturated rings. The molecule has 0 amide bonds. The van der Waals surface area contributed by atoms with E-state index < -0.39 is 5.97 Å². The van der Waals surface area contributed by atoms with Crippen LogP contribution in [-0.4, -0.2) is 15.9 Å². The summed E-state index contributed by atoms with van der Waals surface area (Å²) < 4.78 is 10.8. The minimum absolute atomic E-state index is 0.0266. The fourth-order valence-electron chi connectivity index (χ4n) is 2.62. The highest BCUT2D eigenvalue weighted by molar-refractivity contribution is 5.87. The molecule has 2 aromatic carbocycles. The molecule has 4 aromatic rings. The topological polar surface area (TPSA) is 65.2 Å². The second-order valence-corrected chi connectivity index (χ2v) is 5.85. The SMILES string of the molecule is O=C(/C=C/c1ccc2ccccc2n1)OCc1ncc(-c2ccccc2)o1. The predicted octanol–water partition coefficient (Wildman–Crippen LogP) is 4.65. The molecule has 0 atom stereocenters. The van der Waals surface area contributed by atoms with Crippen LogP contribution < -0.4 is 0 Å². The Kier molecular flexibility index (Phi) is 4.74. The number of ether oxygens (including phenoxy) is 1. The molecule has 0 radical (unpaired) electrons. The van der Waals surface area contributed by atoms with Gasteiger partial charge in [-0.3, -0.25) is 0 Å². The van der Waals surface area contributed by atoms with Crippen molar-refractivity contribution in [2.75, 3.05) is 0 Å². The second kappa shape index (κ2) is 7.66. The number of hydrogen-bond acceptors (Lipinski definition) is 5. The van der Waals surface area contributed by atoms with E-state index in [1.807, 2.05) is 66.7 Å². The lowest BCUT2D eigenvalue weighted by Gasteiger charge is -1.99. The lowest BCUT2D eigenvalue weighted by atomic mass is 10.2. The van der Waals surface area contributed by atoms with Crippen molar-refractivity contribution < 1.29 is 13.9 Å². The van der Waals surface area contributed by atoms with Crippen LogP contribution in [0, 0.1) is 0 Å². The quantitative estimate of drug-likeness (QED) is 0.385. The van der Waals surface area contributed by atoms with Gasteiger partial charge in [0.15, 0.2) is 12.4 Å². The summed E-state index contributed by atoms with van der Waals surface area (Å²) in [4.78, 5) is 20.5. The van der Waals surface area contributed by atoms with Gasteiger partial charge in [-0.25, -0.2) is 14.8 Å². The van der Waals surface area contributed by atoms with Crippen molar-refractivity contribution in [3.8, 4) is 11.3 Å². The smallest absolute Gasteiger partial charge is 0.331 e. The van der Waals surface area contributed by atoms with E-state index in [0.717, 1.165) is 16.5 Å². The molecule has 5 nitrogen and oxygen atoms in total. The molecule has 0 saturated heterocycles. The molecule has 2 aromatic heterocycles. The van der Waals surface area contributed by atoms with Crippen LogP contribution in [0.5, 0.6) is 0 Å². The number of nitrogens with zero attached hydrogens (tertiary/aromatic N) is 2. The number of carbonyl (C=O) groups is 1. The lowest BCUT2D eigenvalue weighted by molar-refractivity contribution is -0.139. The third kappa shape index (κ3) is 4.10. The average Bonchev–Trinajstić information content (AvgIpc) is 3.20. The molecule has 0 spiro atoms. The Morgan fingerprint density at radius 2 is 1.81 bits per heavy atom. The fraction of sp³-hybridized carbons (Fsp3) is 0.0455. The van der Waals surface area contributed by atoms with E-state index in [1.54, 1.807) is 12.3 Å². The highest BCUT2D eigenvalue weighted by Crippen LogP contribution is 2.20. The van der Waals surface area contributed by atoms with Gasteiger partial charge in [-0.2, -0.15) is 0 Å². The zero-order chi connectivity index (χ0) is 18.5. The van der Waals surface area contributed by atoms with E-state index >= 15 is 0 Å². The summed E-state index contributed by atoms with van der Waals surface area (Å²) in [6, 6.07) is 21.2. The maximum Gasteiger partial charge on any atom is 0.331 e. The van der Waals surface area contributed by atoms with Crippen LogP contribution in [0.3, 0.4) is 0 Å². The largest absolute Gasteiger partial charge is 0.453 e. The van der Waals surface area contributed by atoms with E-state index in [9.17, 15) is 4.79 Å². The maximum atomic E-state index is 11.9.